The monoisotopic (exact) mass is 165 g/mol. The number of aromatic nitrogens is 3. The third-order valence-corrected chi connectivity index (χ3v) is 1.14. The molecule has 1 rings (SSSR count). The first-order valence-corrected chi connectivity index (χ1v) is 3.19. The Morgan fingerprint density at radius 2 is 2.17 bits per heavy atom. The van der Waals surface area contributed by atoms with Crippen LogP contribution in [0.2, 0.25) is 0 Å². The molecule has 12 heavy (non-hydrogen) atoms. The van der Waals surface area contributed by atoms with Gasteiger partial charge in [-0.2, -0.15) is 15.2 Å². The average molecular weight is 165 g/mol. The highest BCUT2D eigenvalue weighted by Crippen LogP contribution is 1.96. The van der Waals surface area contributed by atoms with Gasteiger partial charge in [-0.3, -0.25) is 4.98 Å². The number of nitrogens with one attached hydrogen (secondary N) is 1. The molecule has 0 unspecified atom stereocenters. The van der Waals surface area contributed by atoms with Gasteiger partial charge in [0.2, 0.25) is 11.8 Å². The van der Waals surface area contributed by atoms with Crippen molar-refractivity contribution in [2.45, 2.75) is 0 Å². The molecule has 0 fully saturated rings. The van der Waals surface area contributed by atoms with Gasteiger partial charge in [0, 0.05) is 14.1 Å². The summed E-state index contributed by atoms with van der Waals surface area (Å²) < 4.78 is 0. The molecule has 0 bridgehead atoms. The molecule has 1 aromatic rings. The molecule has 0 radical (unpaired) electrons. The predicted octanol–water partition coefficient (Wildman–Crippen LogP) is -0.897. The number of H-pyrrole nitrogens is 1. The van der Waals surface area contributed by atoms with Gasteiger partial charge in [0.05, 0.1) is 0 Å². The molecule has 62 valence electrons. The highest BCUT2D eigenvalue weighted by atomic mass is 16.1. The van der Waals surface area contributed by atoms with E-state index in [2.05, 4.69) is 15.0 Å². The lowest BCUT2D eigenvalue weighted by Gasteiger charge is -2.07. The minimum atomic E-state index is -0.565. The minimum Gasteiger partial charge on any atom is -0.347 e. The van der Waals surface area contributed by atoms with Crippen LogP contribution in [0.3, 0.4) is 0 Å². The molecule has 0 aliphatic rings. The molecule has 0 saturated carbocycles. The van der Waals surface area contributed by atoms with E-state index >= 15 is 0 Å². The summed E-state index contributed by atoms with van der Waals surface area (Å²) >= 11 is 0. The second kappa shape index (κ2) is 3.00. The second-order valence-corrected chi connectivity index (χ2v) is 2.31. The van der Waals surface area contributed by atoms with Crippen LogP contribution >= 0.6 is 0 Å². The van der Waals surface area contributed by atoms with Crippen LogP contribution in [-0.2, 0) is 0 Å². The maximum absolute atomic E-state index is 10.8. The van der Waals surface area contributed by atoms with E-state index in [4.69, 9.17) is 5.26 Å². The van der Waals surface area contributed by atoms with Gasteiger partial charge in [0.25, 0.3) is 0 Å². The molecule has 1 aromatic heterocycles. The lowest BCUT2D eigenvalue weighted by molar-refractivity contribution is 0.905. The number of hydrogen-bond acceptors (Lipinski definition) is 5. The Morgan fingerprint density at radius 3 is 2.67 bits per heavy atom. The summed E-state index contributed by atoms with van der Waals surface area (Å²) in [6.07, 6.45) is 0. The van der Waals surface area contributed by atoms with Crippen molar-refractivity contribution in [3.05, 3.63) is 16.3 Å². The highest BCUT2D eigenvalue weighted by molar-refractivity contribution is 5.27. The van der Waals surface area contributed by atoms with Crippen LogP contribution in [-0.4, -0.2) is 29.0 Å². The molecular weight excluding hydrogens is 158 g/mol. The first kappa shape index (κ1) is 8.20. The Morgan fingerprint density at radius 1 is 1.50 bits per heavy atom. The summed E-state index contributed by atoms with van der Waals surface area (Å²) in [4.78, 5) is 21.8. The van der Waals surface area contributed by atoms with Crippen molar-refractivity contribution in [1.82, 2.24) is 15.0 Å². The maximum Gasteiger partial charge on any atom is 0.350 e. The fourth-order valence-corrected chi connectivity index (χ4v) is 0.626. The van der Waals surface area contributed by atoms with Gasteiger partial charge in [-0.1, -0.05) is 0 Å². The number of nitriles is 1. The first-order chi connectivity index (χ1) is 5.63. The lowest BCUT2D eigenvalue weighted by Crippen LogP contribution is -2.21. The van der Waals surface area contributed by atoms with E-state index in [1.807, 2.05) is 0 Å². The molecule has 6 heteroatoms. The molecule has 0 saturated heterocycles. The zero-order chi connectivity index (χ0) is 9.14. The van der Waals surface area contributed by atoms with Crippen LogP contribution in [0, 0.1) is 11.3 Å². The summed E-state index contributed by atoms with van der Waals surface area (Å²) in [7, 11) is 3.38. The highest BCUT2D eigenvalue weighted by Gasteiger charge is 2.02. The van der Waals surface area contributed by atoms with E-state index in [0.29, 0.717) is 0 Å². The summed E-state index contributed by atoms with van der Waals surface area (Å²) in [5.74, 6) is 0.203. The zero-order valence-corrected chi connectivity index (χ0v) is 6.70. The van der Waals surface area contributed by atoms with Crippen molar-refractivity contribution < 1.29 is 0 Å². The van der Waals surface area contributed by atoms with Gasteiger partial charge in [0.15, 0.2) is 0 Å². The SMILES string of the molecule is CN(C)c1nc(C#N)[nH]c(=O)n1. The van der Waals surface area contributed by atoms with Gasteiger partial charge in [0.1, 0.15) is 6.07 Å². The van der Waals surface area contributed by atoms with Crippen LogP contribution in [0.4, 0.5) is 5.95 Å². The number of nitrogens with zero attached hydrogens (tertiary/aromatic N) is 4. The van der Waals surface area contributed by atoms with Crippen molar-refractivity contribution in [2.75, 3.05) is 19.0 Å². The van der Waals surface area contributed by atoms with Crippen molar-refractivity contribution in [3.8, 4) is 6.07 Å². The standard InChI is InChI=1S/C6H7N5O/c1-11(2)5-8-4(3-7)9-6(12)10-5/h1-2H3,(H,8,9,10,12). The van der Waals surface area contributed by atoms with Crippen LogP contribution < -0.4 is 10.6 Å². The molecule has 0 amide bonds. The van der Waals surface area contributed by atoms with Gasteiger partial charge in [-0.05, 0) is 0 Å². The average Bonchev–Trinajstić information content (AvgIpc) is 2.03. The van der Waals surface area contributed by atoms with Gasteiger partial charge in [-0.25, -0.2) is 4.79 Å². The Labute approximate surface area is 68.5 Å². The van der Waals surface area contributed by atoms with Crippen LogP contribution in [0.25, 0.3) is 0 Å². The number of aromatic amines is 1. The first-order valence-electron chi connectivity index (χ1n) is 3.19. The summed E-state index contributed by atoms with van der Waals surface area (Å²) in [6, 6.07) is 1.73. The number of hydrogen-bond donors (Lipinski definition) is 1. The Balaban J connectivity index is 3.27. The van der Waals surface area contributed by atoms with E-state index < -0.39 is 5.69 Å². The van der Waals surface area contributed by atoms with Crippen molar-refractivity contribution in [2.24, 2.45) is 0 Å². The molecule has 0 atom stereocenters. The van der Waals surface area contributed by atoms with E-state index in [9.17, 15) is 4.79 Å². The Kier molecular flexibility index (Phi) is 2.05. The van der Waals surface area contributed by atoms with E-state index in [1.165, 1.54) is 0 Å². The molecular formula is C6H7N5O. The van der Waals surface area contributed by atoms with Gasteiger partial charge >= 0.3 is 5.69 Å². The minimum absolute atomic E-state index is 0.0290. The Bertz CT molecular complexity index is 374. The van der Waals surface area contributed by atoms with E-state index in [-0.39, 0.29) is 11.8 Å². The fourth-order valence-electron chi connectivity index (χ4n) is 0.626. The number of anilines is 1. The lowest BCUT2D eigenvalue weighted by atomic mass is 10.6. The number of rotatable bonds is 1. The summed E-state index contributed by atoms with van der Waals surface area (Å²) in [6.45, 7) is 0. The quantitative estimate of drug-likeness (QED) is 0.583. The molecule has 1 N–H and O–H groups in total. The molecule has 0 aliphatic carbocycles. The largest absolute Gasteiger partial charge is 0.350 e. The fraction of sp³-hybridized carbons (Fsp3) is 0.333. The summed E-state index contributed by atoms with van der Waals surface area (Å²) in [5.41, 5.74) is -0.565. The van der Waals surface area contributed by atoms with Crippen LogP contribution in [0.5, 0.6) is 0 Å². The molecule has 6 nitrogen and oxygen atoms in total. The zero-order valence-electron chi connectivity index (χ0n) is 6.70. The van der Waals surface area contributed by atoms with E-state index in [1.54, 1.807) is 25.1 Å². The van der Waals surface area contributed by atoms with Gasteiger partial charge in [-0.15, -0.1) is 0 Å². The van der Waals surface area contributed by atoms with Crippen molar-refractivity contribution >= 4 is 5.95 Å². The van der Waals surface area contributed by atoms with Crippen LogP contribution in [0.1, 0.15) is 5.82 Å². The normalized spacial score (nSPS) is 9.08. The van der Waals surface area contributed by atoms with Crippen molar-refractivity contribution in [1.29, 1.82) is 5.26 Å². The van der Waals surface area contributed by atoms with Gasteiger partial charge < -0.3 is 4.90 Å². The maximum atomic E-state index is 10.8. The van der Waals surface area contributed by atoms with E-state index in [0.717, 1.165) is 0 Å². The molecule has 0 aromatic carbocycles. The smallest absolute Gasteiger partial charge is 0.347 e. The van der Waals surface area contributed by atoms with Crippen LogP contribution in [0.15, 0.2) is 4.79 Å². The third kappa shape index (κ3) is 1.58. The Hall–Kier alpha value is -1.90. The van der Waals surface area contributed by atoms with Crippen molar-refractivity contribution in [3.63, 3.8) is 0 Å². The second-order valence-electron chi connectivity index (χ2n) is 2.31. The molecule has 0 aliphatic heterocycles. The topological polar surface area (TPSA) is 85.7 Å². The molecule has 0 spiro atoms. The molecule has 1 heterocycles. The summed E-state index contributed by atoms with van der Waals surface area (Å²) in [5, 5.41) is 8.44. The predicted molar refractivity (Wildman–Crippen MR) is 41.7 cm³/mol. The third-order valence-electron chi connectivity index (χ3n) is 1.14.